The van der Waals surface area contributed by atoms with Gasteiger partial charge in [-0.1, -0.05) is 29.8 Å². The molecule has 0 spiro atoms. The molecule has 2 aliphatic heterocycles. The highest BCUT2D eigenvalue weighted by Gasteiger charge is 2.27. The molecule has 1 fully saturated rings. The van der Waals surface area contributed by atoms with E-state index in [4.69, 9.17) is 16.3 Å². The molecule has 1 atom stereocenters. The van der Waals surface area contributed by atoms with E-state index in [2.05, 4.69) is 25.7 Å². The number of ether oxygens (including phenoxy) is 1. The Morgan fingerprint density at radius 2 is 2.09 bits per heavy atom. The second-order valence-corrected chi connectivity index (χ2v) is 6.65. The van der Waals surface area contributed by atoms with Gasteiger partial charge in [-0.15, -0.1) is 10.2 Å². The van der Waals surface area contributed by atoms with Gasteiger partial charge in [-0.3, -0.25) is 4.90 Å². The largest absolute Gasteiger partial charge is 0.370 e. The number of rotatable bonds is 3. The molecule has 0 bridgehead atoms. The molecule has 3 heterocycles. The second kappa shape index (κ2) is 6.59. The Morgan fingerprint density at radius 3 is 2.91 bits per heavy atom. The van der Waals surface area contributed by atoms with E-state index in [9.17, 15) is 0 Å². The van der Waals surface area contributed by atoms with Gasteiger partial charge < -0.3 is 9.30 Å². The molecule has 0 N–H and O–H groups in total. The van der Waals surface area contributed by atoms with Crippen molar-refractivity contribution in [3.05, 3.63) is 46.5 Å². The van der Waals surface area contributed by atoms with Gasteiger partial charge in [-0.2, -0.15) is 0 Å². The number of halogens is 1. The third-order valence-corrected chi connectivity index (χ3v) is 5.09. The predicted octanol–water partition coefficient (Wildman–Crippen LogP) is 2.84. The van der Waals surface area contributed by atoms with Crippen LogP contribution in [0.25, 0.3) is 0 Å². The SMILES string of the molecule is Clc1ccccc1CN1CCc2nnc(C3CCCO3)n2CC1. The monoisotopic (exact) mass is 332 g/mol. The van der Waals surface area contributed by atoms with Crippen molar-refractivity contribution in [3.63, 3.8) is 0 Å². The van der Waals surface area contributed by atoms with Crippen molar-refractivity contribution >= 4 is 11.6 Å². The number of benzene rings is 1. The lowest BCUT2D eigenvalue weighted by molar-refractivity contribution is 0.101. The fourth-order valence-corrected chi connectivity index (χ4v) is 3.63. The molecule has 5 nitrogen and oxygen atoms in total. The lowest BCUT2D eigenvalue weighted by atomic mass is 10.2. The molecule has 1 aromatic heterocycles. The van der Waals surface area contributed by atoms with Gasteiger partial charge in [0.2, 0.25) is 0 Å². The van der Waals surface area contributed by atoms with Crippen LogP contribution < -0.4 is 0 Å². The molecule has 6 heteroatoms. The Balaban J connectivity index is 1.47. The van der Waals surface area contributed by atoms with Crippen molar-refractivity contribution in [1.82, 2.24) is 19.7 Å². The van der Waals surface area contributed by atoms with Gasteiger partial charge in [0.05, 0.1) is 0 Å². The molecule has 1 saturated heterocycles. The van der Waals surface area contributed by atoms with Crippen LogP contribution >= 0.6 is 11.6 Å². The summed E-state index contributed by atoms with van der Waals surface area (Å²) < 4.78 is 8.05. The Hall–Kier alpha value is -1.43. The van der Waals surface area contributed by atoms with E-state index in [0.717, 1.165) is 68.7 Å². The molecule has 1 aromatic carbocycles. The van der Waals surface area contributed by atoms with Crippen LogP contribution in [0.1, 0.15) is 36.2 Å². The maximum Gasteiger partial charge on any atom is 0.162 e. The van der Waals surface area contributed by atoms with E-state index in [-0.39, 0.29) is 6.10 Å². The van der Waals surface area contributed by atoms with Gasteiger partial charge in [-0.25, -0.2) is 0 Å². The van der Waals surface area contributed by atoms with Crippen molar-refractivity contribution in [3.8, 4) is 0 Å². The molecule has 4 rings (SSSR count). The molecular weight excluding hydrogens is 312 g/mol. The molecule has 2 aliphatic rings. The van der Waals surface area contributed by atoms with Crippen LogP contribution in [0.2, 0.25) is 5.02 Å². The van der Waals surface area contributed by atoms with E-state index in [1.165, 1.54) is 5.56 Å². The lowest BCUT2D eigenvalue weighted by Gasteiger charge is -2.20. The summed E-state index contributed by atoms with van der Waals surface area (Å²) in [4.78, 5) is 2.44. The first kappa shape index (κ1) is 15.1. The number of nitrogens with zero attached hydrogens (tertiary/aromatic N) is 4. The highest BCUT2D eigenvalue weighted by atomic mass is 35.5. The van der Waals surface area contributed by atoms with Gasteiger partial charge in [0.25, 0.3) is 0 Å². The molecule has 0 radical (unpaired) electrons. The summed E-state index contributed by atoms with van der Waals surface area (Å²) in [5, 5.41) is 9.64. The molecule has 23 heavy (non-hydrogen) atoms. The zero-order chi connectivity index (χ0) is 15.6. The molecule has 1 unspecified atom stereocenters. The van der Waals surface area contributed by atoms with E-state index < -0.39 is 0 Å². The fourth-order valence-electron chi connectivity index (χ4n) is 3.43. The third kappa shape index (κ3) is 3.13. The summed E-state index contributed by atoms with van der Waals surface area (Å²) in [6.07, 6.45) is 3.23. The molecule has 0 amide bonds. The van der Waals surface area contributed by atoms with Crippen molar-refractivity contribution in [1.29, 1.82) is 0 Å². The highest BCUT2D eigenvalue weighted by molar-refractivity contribution is 6.31. The zero-order valence-corrected chi connectivity index (χ0v) is 13.9. The molecule has 2 aromatic rings. The number of hydrogen-bond acceptors (Lipinski definition) is 4. The number of fused-ring (bicyclic) bond motifs is 1. The lowest BCUT2D eigenvalue weighted by Crippen LogP contribution is -2.27. The van der Waals surface area contributed by atoms with Crippen LogP contribution in [0, 0.1) is 0 Å². The van der Waals surface area contributed by atoms with Crippen molar-refractivity contribution in [2.45, 2.75) is 38.5 Å². The smallest absolute Gasteiger partial charge is 0.162 e. The zero-order valence-electron chi connectivity index (χ0n) is 13.1. The molecular formula is C17H21ClN4O. The summed E-state index contributed by atoms with van der Waals surface area (Å²) in [6, 6.07) is 8.08. The first-order chi connectivity index (χ1) is 11.3. The Kier molecular flexibility index (Phi) is 4.33. The Bertz CT molecular complexity index is 681. The first-order valence-electron chi connectivity index (χ1n) is 8.30. The molecule has 0 aliphatic carbocycles. The van der Waals surface area contributed by atoms with Crippen molar-refractivity contribution < 1.29 is 4.74 Å². The molecule has 0 saturated carbocycles. The van der Waals surface area contributed by atoms with Crippen LogP contribution in [-0.4, -0.2) is 39.4 Å². The van der Waals surface area contributed by atoms with Gasteiger partial charge >= 0.3 is 0 Å². The van der Waals surface area contributed by atoms with Crippen LogP contribution in [-0.2, 0) is 24.2 Å². The van der Waals surface area contributed by atoms with Crippen molar-refractivity contribution in [2.75, 3.05) is 19.7 Å². The Morgan fingerprint density at radius 1 is 1.17 bits per heavy atom. The van der Waals surface area contributed by atoms with Gasteiger partial charge in [0.1, 0.15) is 11.9 Å². The summed E-state index contributed by atoms with van der Waals surface area (Å²) in [7, 11) is 0. The average molecular weight is 333 g/mol. The highest BCUT2D eigenvalue weighted by Crippen LogP contribution is 2.28. The fraction of sp³-hybridized carbons (Fsp3) is 0.529. The van der Waals surface area contributed by atoms with Crippen molar-refractivity contribution in [2.24, 2.45) is 0 Å². The summed E-state index contributed by atoms with van der Waals surface area (Å²) >= 11 is 6.29. The minimum Gasteiger partial charge on any atom is -0.370 e. The van der Waals surface area contributed by atoms with E-state index >= 15 is 0 Å². The maximum absolute atomic E-state index is 6.29. The Labute approximate surface area is 141 Å². The number of aromatic nitrogens is 3. The first-order valence-corrected chi connectivity index (χ1v) is 8.68. The van der Waals surface area contributed by atoms with Gasteiger partial charge in [0, 0.05) is 44.2 Å². The topological polar surface area (TPSA) is 43.2 Å². The van der Waals surface area contributed by atoms with E-state index in [1.54, 1.807) is 0 Å². The minimum absolute atomic E-state index is 0.131. The van der Waals surface area contributed by atoms with Crippen LogP contribution in [0.5, 0.6) is 0 Å². The molecule has 122 valence electrons. The summed E-state index contributed by atoms with van der Waals surface area (Å²) in [6.45, 7) is 4.60. The number of hydrogen-bond donors (Lipinski definition) is 0. The van der Waals surface area contributed by atoms with E-state index in [1.807, 2.05) is 18.2 Å². The summed E-state index contributed by atoms with van der Waals surface area (Å²) in [5.74, 6) is 2.09. The van der Waals surface area contributed by atoms with Gasteiger partial charge in [-0.05, 0) is 24.5 Å². The second-order valence-electron chi connectivity index (χ2n) is 6.25. The third-order valence-electron chi connectivity index (χ3n) is 4.72. The van der Waals surface area contributed by atoms with Gasteiger partial charge in [0.15, 0.2) is 5.82 Å². The van der Waals surface area contributed by atoms with Crippen LogP contribution in [0.3, 0.4) is 0 Å². The minimum atomic E-state index is 0.131. The van der Waals surface area contributed by atoms with Crippen LogP contribution in [0.15, 0.2) is 24.3 Å². The standard InChI is InChI=1S/C17H21ClN4O/c18-14-5-2-1-4-13(14)12-21-8-7-16-19-20-17(22(16)10-9-21)15-6-3-11-23-15/h1-2,4-5,15H,3,6-12H2. The normalized spacial score (nSPS) is 22.0. The predicted molar refractivity (Wildman–Crippen MR) is 88.4 cm³/mol. The average Bonchev–Trinajstić information content (AvgIpc) is 3.17. The maximum atomic E-state index is 6.29. The van der Waals surface area contributed by atoms with Crippen LogP contribution in [0.4, 0.5) is 0 Å². The summed E-state index contributed by atoms with van der Waals surface area (Å²) in [5.41, 5.74) is 1.19. The quantitative estimate of drug-likeness (QED) is 0.867. The van der Waals surface area contributed by atoms with E-state index in [0.29, 0.717) is 0 Å².